The van der Waals surface area contributed by atoms with E-state index in [-0.39, 0.29) is 24.6 Å². The lowest BCUT2D eigenvalue weighted by molar-refractivity contribution is -0.255. The largest absolute Gasteiger partial charge is 0.392 e. The number of aliphatic hydroxyl groups excluding tert-OH is 1. The first kappa shape index (κ1) is 22.9. The van der Waals surface area contributed by atoms with Gasteiger partial charge in [0.15, 0.2) is 12.1 Å². The normalized spacial score (nSPS) is 27.8. The molecule has 3 aliphatic heterocycles. The SMILES string of the molecule is NCc1ccc([C@H]2O[C@@H](CN3CCC4(CC3)OCCO4)C[C@@H](c3ccc(CO)cc3)O2)cc1. The Morgan fingerprint density at radius 1 is 0.879 bits per heavy atom. The molecule has 5 rings (SSSR count). The zero-order valence-electron chi connectivity index (χ0n) is 19.0. The minimum atomic E-state index is -0.435. The van der Waals surface area contributed by atoms with Crippen molar-refractivity contribution in [1.29, 1.82) is 0 Å². The maximum absolute atomic E-state index is 9.39. The summed E-state index contributed by atoms with van der Waals surface area (Å²) >= 11 is 0. The molecule has 0 amide bonds. The molecule has 3 N–H and O–H groups in total. The summed E-state index contributed by atoms with van der Waals surface area (Å²) in [5.74, 6) is -0.364. The van der Waals surface area contributed by atoms with E-state index in [1.165, 1.54) is 0 Å². The topological polar surface area (TPSA) is 86.4 Å². The van der Waals surface area contributed by atoms with E-state index in [1.807, 2.05) is 48.5 Å². The number of ether oxygens (including phenoxy) is 4. The van der Waals surface area contributed by atoms with Gasteiger partial charge in [-0.1, -0.05) is 48.5 Å². The highest BCUT2D eigenvalue weighted by molar-refractivity contribution is 5.26. The lowest BCUT2D eigenvalue weighted by Crippen LogP contribution is -2.48. The molecule has 0 saturated carbocycles. The molecule has 33 heavy (non-hydrogen) atoms. The van der Waals surface area contributed by atoms with Crippen molar-refractivity contribution in [1.82, 2.24) is 4.90 Å². The fraction of sp³-hybridized carbons (Fsp3) is 0.538. The molecule has 2 aromatic rings. The summed E-state index contributed by atoms with van der Waals surface area (Å²) in [6.45, 7) is 4.67. The van der Waals surface area contributed by atoms with Gasteiger partial charge in [0.2, 0.25) is 0 Å². The minimum Gasteiger partial charge on any atom is -0.392 e. The Kier molecular flexibility index (Phi) is 7.08. The van der Waals surface area contributed by atoms with Crippen LogP contribution in [0.1, 0.15) is 53.9 Å². The van der Waals surface area contributed by atoms with E-state index in [1.54, 1.807) is 0 Å². The van der Waals surface area contributed by atoms with Crippen LogP contribution in [-0.4, -0.2) is 54.7 Å². The number of nitrogens with zero attached hydrogens (tertiary/aromatic N) is 1. The Labute approximate surface area is 195 Å². The van der Waals surface area contributed by atoms with Crippen molar-refractivity contribution >= 4 is 0 Å². The predicted molar refractivity (Wildman–Crippen MR) is 123 cm³/mol. The second-order valence-electron chi connectivity index (χ2n) is 9.20. The minimum absolute atomic E-state index is 0.0392. The van der Waals surface area contributed by atoms with Gasteiger partial charge in [0.05, 0.1) is 32.0 Å². The van der Waals surface area contributed by atoms with Gasteiger partial charge in [-0.3, -0.25) is 0 Å². The van der Waals surface area contributed by atoms with Crippen LogP contribution in [0.25, 0.3) is 0 Å². The molecule has 7 nitrogen and oxygen atoms in total. The second-order valence-corrected chi connectivity index (χ2v) is 9.20. The average Bonchev–Trinajstić information content (AvgIpc) is 3.33. The van der Waals surface area contributed by atoms with E-state index in [0.717, 1.165) is 61.2 Å². The van der Waals surface area contributed by atoms with Crippen LogP contribution in [0.2, 0.25) is 0 Å². The van der Waals surface area contributed by atoms with Gasteiger partial charge in [0.1, 0.15) is 0 Å². The van der Waals surface area contributed by atoms with E-state index in [9.17, 15) is 5.11 Å². The van der Waals surface area contributed by atoms with E-state index >= 15 is 0 Å². The number of rotatable bonds is 6. The van der Waals surface area contributed by atoms with Gasteiger partial charge in [-0.05, 0) is 16.7 Å². The van der Waals surface area contributed by atoms with Crippen molar-refractivity contribution in [2.75, 3.05) is 32.8 Å². The van der Waals surface area contributed by atoms with Crippen molar-refractivity contribution in [2.45, 2.75) is 56.7 Å². The molecule has 2 aromatic carbocycles. The molecule has 1 spiro atoms. The van der Waals surface area contributed by atoms with Crippen molar-refractivity contribution in [3.63, 3.8) is 0 Å². The van der Waals surface area contributed by atoms with Gasteiger partial charge >= 0.3 is 0 Å². The molecule has 0 aliphatic carbocycles. The van der Waals surface area contributed by atoms with Crippen LogP contribution in [0.5, 0.6) is 0 Å². The number of nitrogens with two attached hydrogens (primary N) is 1. The summed E-state index contributed by atoms with van der Waals surface area (Å²) in [4.78, 5) is 2.45. The van der Waals surface area contributed by atoms with Crippen molar-refractivity contribution in [3.8, 4) is 0 Å². The Morgan fingerprint density at radius 2 is 1.52 bits per heavy atom. The maximum atomic E-state index is 9.39. The Morgan fingerprint density at radius 3 is 2.15 bits per heavy atom. The highest BCUT2D eigenvalue weighted by Crippen LogP contribution is 2.39. The molecular weight excluding hydrogens is 420 g/mol. The molecule has 3 atom stereocenters. The molecular formula is C26H34N2O5. The molecule has 3 saturated heterocycles. The zero-order chi connectivity index (χ0) is 22.7. The number of hydrogen-bond acceptors (Lipinski definition) is 7. The Balaban J connectivity index is 1.30. The summed E-state index contributed by atoms with van der Waals surface area (Å²) in [6, 6.07) is 16.2. The molecule has 0 unspecified atom stereocenters. The Bertz CT molecular complexity index is 832. The van der Waals surface area contributed by atoms with Crippen LogP contribution < -0.4 is 5.73 Å². The quantitative estimate of drug-likeness (QED) is 0.694. The van der Waals surface area contributed by atoms with Crippen molar-refractivity contribution in [3.05, 3.63) is 70.8 Å². The first-order valence-electron chi connectivity index (χ1n) is 12.0. The summed E-state index contributed by atoms with van der Waals surface area (Å²) in [7, 11) is 0. The monoisotopic (exact) mass is 454 g/mol. The smallest absolute Gasteiger partial charge is 0.184 e. The van der Waals surface area contributed by atoms with Crippen LogP contribution in [-0.2, 0) is 32.1 Å². The van der Waals surface area contributed by atoms with Crippen LogP contribution in [0.15, 0.2) is 48.5 Å². The summed E-state index contributed by atoms with van der Waals surface area (Å²) in [6.07, 6.45) is 2.10. The fourth-order valence-electron chi connectivity index (χ4n) is 4.99. The highest BCUT2D eigenvalue weighted by atomic mass is 16.7. The highest BCUT2D eigenvalue weighted by Gasteiger charge is 2.41. The number of aliphatic hydroxyl groups is 1. The van der Waals surface area contributed by atoms with Crippen LogP contribution in [0, 0.1) is 0 Å². The molecule has 3 fully saturated rings. The molecule has 0 aromatic heterocycles. The first-order valence-corrected chi connectivity index (χ1v) is 12.0. The summed E-state index contributed by atoms with van der Waals surface area (Å²) < 4.78 is 24.7. The summed E-state index contributed by atoms with van der Waals surface area (Å²) in [5, 5.41) is 9.39. The molecule has 3 heterocycles. The lowest BCUT2D eigenvalue weighted by Gasteiger charge is -2.41. The third-order valence-corrected chi connectivity index (χ3v) is 7.00. The zero-order valence-corrected chi connectivity index (χ0v) is 19.0. The summed E-state index contributed by atoms with van der Waals surface area (Å²) in [5.41, 5.74) is 9.85. The number of benzene rings is 2. The van der Waals surface area contributed by atoms with Crippen LogP contribution in [0.3, 0.4) is 0 Å². The number of piperidine rings is 1. The van der Waals surface area contributed by atoms with Gasteiger partial charge in [-0.2, -0.15) is 0 Å². The fourth-order valence-corrected chi connectivity index (χ4v) is 4.99. The van der Waals surface area contributed by atoms with Crippen molar-refractivity contribution < 1.29 is 24.1 Å². The third-order valence-electron chi connectivity index (χ3n) is 7.00. The van der Waals surface area contributed by atoms with Gasteiger partial charge in [-0.25, -0.2) is 0 Å². The van der Waals surface area contributed by atoms with Crippen LogP contribution in [0.4, 0.5) is 0 Å². The van der Waals surface area contributed by atoms with Gasteiger partial charge < -0.3 is 34.7 Å². The molecule has 7 heteroatoms. The van der Waals surface area contributed by atoms with E-state index in [2.05, 4.69) is 4.90 Å². The van der Waals surface area contributed by atoms with E-state index in [4.69, 9.17) is 24.7 Å². The Hall–Kier alpha value is -1.84. The molecule has 0 bridgehead atoms. The third kappa shape index (κ3) is 5.30. The molecule has 3 aliphatic rings. The van der Waals surface area contributed by atoms with E-state index in [0.29, 0.717) is 19.8 Å². The number of hydrogen-bond donors (Lipinski definition) is 2. The van der Waals surface area contributed by atoms with Crippen LogP contribution >= 0.6 is 0 Å². The lowest BCUT2D eigenvalue weighted by atomic mass is 9.98. The van der Waals surface area contributed by atoms with Gasteiger partial charge in [0.25, 0.3) is 0 Å². The first-order chi connectivity index (χ1) is 16.2. The van der Waals surface area contributed by atoms with E-state index < -0.39 is 6.29 Å². The standard InChI is InChI=1S/C26H34N2O5/c27-16-19-1-7-22(8-2-19)25-32-23(15-24(33-25)21-5-3-20(18-29)4-6-21)17-28-11-9-26(10-12-28)30-13-14-31-26/h1-8,23-25,29H,9-18,27H2/t23-,24+,25+/m1/s1. The van der Waals surface area contributed by atoms with Crippen molar-refractivity contribution in [2.24, 2.45) is 5.73 Å². The van der Waals surface area contributed by atoms with Gasteiger partial charge in [0, 0.05) is 51.0 Å². The predicted octanol–water partition coefficient (Wildman–Crippen LogP) is 3.02. The molecule has 178 valence electrons. The maximum Gasteiger partial charge on any atom is 0.184 e. The average molecular weight is 455 g/mol. The second kappa shape index (κ2) is 10.2. The molecule has 0 radical (unpaired) electrons. The van der Waals surface area contributed by atoms with Gasteiger partial charge in [-0.15, -0.1) is 0 Å². The number of likely N-dealkylation sites (tertiary alicyclic amines) is 1.